The van der Waals surface area contributed by atoms with Crippen molar-refractivity contribution < 1.29 is 4.74 Å². The summed E-state index contributed by atoms with van der Waals surface area (Å²) in [6, 6.07) is 13.9. The van der Waals surface area contributed by atoms with Crippen molar-refractivity contribution >= 4 is 5.69 Å². The van der Waals surface area contributed by atoms with E-state index in [-0.39, 0.29) is 0 Å². The molecule has 0 radical (unpaired) electrons. The molecule has 0 atom stereocenters. The fourth-order valence-corrected chi connectivity index (χ4v) is 2.94. The fourth-order valence-electron chi connectivity index (χ4n) is 2.94. The highest BCUT2D eigenvalue weighted by molar-refractivity contribution is 5.70. The highest BCUT2D eigenvalue weighted by atomic mass is 16.5. The molecular weight excluding hydrogens is 276 g/mol. The summed E-state index contributed by atoms with van der Waals surface area (Å²) >= 11 is 0. The van der Waals surface area contributed by atoms with Crippen LogP contribution in [0.4, 0.5) is 5.69 Å². The maximum Gasteiger partial charge on any atom is 0.164 e. The minimum absolute atomic E-state index is 0.748. The molecule has 0 unspecified atom stereocenters. The van der Waals surface area contributed by atoms with E-state index in [1.807, 2.05) is 36.4 Å². The number of anilines is 1. The van der Waals surface area contributed by atoms with Gasteiger partial charge in [0.25, 0.3) is 0 Å². The van der Waals surface area contributed by atoms with Crippen LogP contribution in [0.2, 0.25) is 0 Å². The number of methoxy groups -OCH3 is 1. The van der Waals surface area contributed by atoms with Gasteiger partial charge >= 0.3 is 0 Å². The van der Waals surface area contributed by atoms with Crippen molar-refractivity contribution in [3.63, 3.8) is 0 Å². The topological polar surface area (TPSA) is 66.0 Å². The zero-order chi connectivity index (χ0) is 15.1. The Kier molecular flexibility index (Phi) is 2.85. The number of benzene rings is 2. The molecule has 22 heavy (non-hydrogen) atoms. The molecule has 1 aliphatic heterocycles. The highest BCUT2D eigenvalue weighted by Gasteiger charge is 2.22. The van der Waals surface area contributed by atoms with Gasteiger partial charge in [-0.1, -0.05) is 18.2 Å². The molecule has 0 spiro atoms. The minimum Gasteiger partial charge on any atom is -0.497 e. The Labute approximate surface area is 128 Å². The summed E-state index contributed by atoms with van der Waals surface area (Å²) in [5.41, 5.74) is 10.0. The van der Waals surface area contributed by atoms with E-state index in [1.54, 1.807) is 7.11 Å². The molecule has 1 aromatic heterocycles. The molecule has 0 bridgehead atoms. The van der Waals surface area contributed by atoms with Gasteiger partial charge < -0.3 is 15.0 Å². The highest BCUT2D eigenvalue weighted by Crippen LogP contribution is 2.33. The summed E-state index contributed by atoms with van der Waals surface area (Å²) < 4.78 is 7.44. The van der Waals surface area contributed by atoms with Crippen LogP contribution in [0.5, 0.6) is 5.75 Å². The molecule has 4 rings (SSSR count). The van der Waals surface area contributed by atoms with E-state index >= 15 is 0 Å². The first-order chi connectivity index (χ1) is 10.8. The summed E-state index contributed by atoms with van der Waals surface area (Å²) in [5.74, 6) is 2.56. The molecule has 0 amide bonds. The first kappa shape index (κ1) is 12.9. The van der Waals surface area contributed by atoms with Gasteiger partial charge in [0, 0.05) is 23.4 Å². The van der Waals surface area contributed by atoms with Gasteiger partial charge in [0.1, 0.15) is 5.75 Å². The molecular formula is C17H16N4O. The predicted molar refractivity (Wildman–Crippen MR) is 85.6 cm³/mol. The van der Waals surface area contributed by atoms with Gasteiger partial charge in [-0.3, -0.25) is 0 Å². The summed E-state index contributed by atoms with van der Waals surface area (Å²) in [6.07, 6.45) is 0.956. The van der Waals surface area contributed by atoms with Crippen molar-refractivity contribution in [2.45, 2.75) is 13.0 Å². The lowest BCUT2D eigenvalue weighted by atomic mass is 10.00. The van der Waals surface area contributed by atoms with E-state index < -0.39 is 0 Å². The smallest absolute Gasteiger partial charge is 0.164 e. The second kappa shape index (κ2) is 4.87. The molecule has 0 aliphatic carbocycles. The molecule has 2 heterocycles. The minimum atomic E-state index is 0.748. The molecule has 1 aliphatic rings. The largest absolute Gasteiger partial charge is 0.497 e. The van der Waals surface area contributed by atoms with E-state index in [9.17, 15) is 0 Å². The molecule has 110 valence electrons. The quantitative estimate of drug-likeness (QED) is 0.738. The Hall–Kier alpha value is -2.82. The third-order valence-electron chi connectivity index (χ3n) is 4.06. The molecule has 2 aromatic carbocycles. The summed E-state index contributed by atoms with van der Waals surface area (Å²) in [5, 5.41) is 8.78. The SMILES string of the molecule is COc1cccc(-c2nnc3n2CCc2ccc(N)cc2-3)c1. The van der Waals surface area contributed by atoms with Crippen LogP contribution in [0.25, 0.3) is 22.8 Å². The van der Waals surface area contributed by atoms with Gasteiger partial charge in [0.05, 0.1) is 7.11 Å². The van der Waals surface area contributed by atoms with E-state index in [4.69, 9.17) is 10.5 Å². The van der Waals surface area contributed by atoms with Gasteiger partial charge in [0.15, 0.2) is 11.6 Å². The van der Waals surface area contributed by atoms with Crippen molar-refractivity contribution in [1.82, 2.24) is 14.8 Å². The molecule has 5 heteroatoms. The Balaban J connectivity index is 1.86. The fraction of sp³-hybridized carbons (Fsp3) is 0.176. The van der Waals surface area contributed by atoms with Gasteiger partial charge in [-0.15, -0.1) is 10.2 Å². The molecule has 0 saturated heterocycles. The summed E-state index contributed by atoms with van der Waals surface area (Å²) in [6.45, 7) is 0.867. The maximum atomic E-state index is 5.92. The summed E-state index contributed by atoms with van der Waals surface area (Å²) in [7, 11) is 1.66. The average Bonchev–Trinajstić information content (AvgIpc) is 2.99. The van der Waals surface area contributed by atoms with Crippen LogP contribution in [0.3, 0.4) is 0 Å². The van der Waals surface area contributed by atoms with Gasteiger partial charge in [-0.2, -0.15) is 0 Å². The van der Waals surface area contributed by atoms with Gasteiger partial charge in [-0.05, 0) is 36.2 Å². The number of nitrogens with two attached hydrogens (primary N) is 1. The van der Waals surface area contributed by atoms with Crippen LogP contribution in [0.15, 0.2) is 42.5 Å². The lowest BCUT2D eigenvalue weighted by molar-refractivity contribution is 0.415. The molecule has 0 saturated carbocycles. The Morgan fingerprint density at radius 2 is 1.95 bits per heavy atom. The first-order valence-electron chi connectivity index (χ1n) is 7.22. The molecule has 0 fully saturated rings. The lowest BCUT2D eigenvalue weighted by Crippen LogP contribution is -2.12. The van der Waals surface area contributed by atoms with Gasteiger partial charge in [0.2, 0.25) is 0 Å². The number of nitrogen functional groups attached to an aromatic ring is 1. The number of hydrogen-bond acceptors (Lipinski definition) is 4. The molecule has 3 aromatic rings. The van der Waals surface area contributed by atoms with Gasteiger partial charge in [-0.25, -0.2) is 0 Å². The van der Waals surface area contributed by atoms with Crippen molar-refractivity contribution in [1.29, 1.82) is 0 Å². The van der Waals surface area contributed by atoms with E-state index in [2.05, 4.69) is 20.8 Å². The van der Waals surface area contributed by atoms with Crippen LogP contribution in [-0.4, -0.2) is 21.9 Å². The van der Waals surface area contributed by atoms with Crippen LogP contribution >= 0.6 is 0 Å². The zero-order valence-electron chi connectivity index (χ0n) is 12.3. The maximum absolute atomic E-state index is 5.92. The number of aryl methyl sites for hydroxylation is 1. The third kappa shape index (κ3) is 1.94. The second-order valence-corrected chi connectivity index (χ2v) is 5.40. The molecule has 2 N–H and O–H groups in total. The second-order valence-electron chi connectivity index (χ2n) is 5.40. The average molecular weight is 292 g/mol. The predicted octanol–water partition coefficient (Wildman–Crippen LogP) is 2.76. The van der Waals surface area contributed by atoms with Crippen molar-refractivity contribution in [2.75, 3.05) is 12.8 Å². The van der Waals surface area contributed by atoms with Crippen LogP contribution in [0.1, 0.15) is 5.56 Å². The third-order valence-corrected chi connectivity index (χ3v) is 4.06. The number of ether oxygens (including phenoxy) is 1. The van der Waals surface area contributed by atoms with Crippen molar-refractivity contribution in [3.8, 4) is 28.5 Å². The zero-order valence-corrected chi connectivity index (χ0v) is 12.3. The summed E-state index contributed by atoms with van der Waals surface area (Å²) in [4.78, 5) is 0. The number of rotatable bonds is 2. The van der Waals surface area contributed by atoms with Crippen LogP contribution < -0.4 is 10.5 Å². The number of hydrogen-bond donors (Lipinski definition) is 1. The number of nitrogens with zero attached hydrogens (tertiary/aromatic N) is 3. The van der Waals surface area contributed by atoms with E-state index in [0.717, 1.165) is 47.2 Å². The van der Waals surface area contributed by atoms with Crippen LogP contribution in [0, 0.1) is 0 Å². The monoisotopic (exact) mass is 292 g/mol. The van der Waals surface area contributed by atoms with E-state index in [1.165, 1.54) is 5.56 Å². The Morgan fingerprint density at radius 3 is 2.82 bits per heavy atom. The standard InChI is InChI=1S/C17H16N4O/c1-22-14-4-2-3-12(9-14)16-19-20-17-15-10-13(18)6-5-11(15)7-8-21(16)17/h2-6,9-10H,7-8,18H2,1H3. The first-order valence-corrected chi connectivity index (χ1v) is 7.22. The van der Waals surface area contributed by atoms with Crippen molar-refractivity contribution in [3.05, 3.63) is 48.0 Å². The van der Waals surface area contributed by atoms with Crippen LogP contribution in [-0.2, 0) is 13.0 Å². The number of aromatic nitrogens is 3. The number of fused-ring (bicyclic) bond motifs is 3. The van der Waals surface area contributed by atoms with Crippen molar-refractivity contribution in [2.24, 2.45) is 0 Å². The Morgan fingerprint density at radius 1 is 1.09 bits per heavy atom. The molecule has 5 nitrogen and oxygen atoms in total. The van der Waals surface area contributed by atoms with E-state index in [0.29, 0.717) is 0 Å². The Bertz CT molecular complexity index is 854. The lowest BCUT2D eigenvalue weighted by Gasteiger charge is -2.19. The normalized spacial score (nSPS) is 12.6.